The van der Waals surface area contributed by atoms with Gasteiger partial charge in [-0.25, -0.2) is 14.4 Å². The van der Waals surface area contributed by atoms with Gasteiger partial charge in [0.25, 0.3) is 5.95 Å². The largest absolute Gasteiger partial charge is 0.506 e. The van der Waals surface area contributed by atoms with Crippen molar-refractivity contribution in [2.75, 3.05) is 0 Å². The van der Waals surface area contributed by atoms with E-state index >= 15 is 0 Å². The third kappa shape index (κ3) is 11.4. The number of rotatable bonds is 2. The second-order valence-electron chi connectivity index (χ2n) is 12.8. The minimum Gasteiger partial charge on any atom is -0.506 e. The number of phenolic OH excluding ortho intramolecular Hbond substituents is 2. The molecule has 0 aliphatic rings. The minimum absolute atomic E-state index is 0. The Kier molecular flexibility index (Phi) is 34.7. The van der Waals surface area contributed by atoms with Crippen LogP contribution in [0.25, 0.3) is 87.0 Å². The Bertz CT molecular complexity index is 3380. The average Bonchev–Trinajstić information content (AvgIpc) is 3.12. The fraction of sp³-hybridized carbons (Fsp3) is 0.379. The van der Waals surface area contributed by atoms with Crippen LogP contribution in [-0.4, -0.2) is 15.3 Å². The first-order chi connectivity index (χ1) is 25.0. The normalized spacial score (nSPS) is 9.09. The number of hydrogen-bond donors (Lipinski definition) is 3. The predicted octanol–water partition coefficient (Wildman–Crippen LogP) is 18.7. The Morgan fingerprint density at radius 2 is 0.783 bits per heavy atom. The van der Waals surface area contributed by atoms with Crippen LogP contribution in [0.5, 0.6) is 17.4 Å². The van der Waals surface area contributed by atoms with Crippen LogP contribution >= 0.6 is 0 Å². The number of benzene rings is 6. The van der Waals surface area contributed by atoms with E-state index in [4.69, 9.17) is 17.7 Å². The molecule has 0 unspecified atom stereocenters. The first-order valence-corrected chi connectivity index (χ1v) is 16.5. The number of fused-ring (bicyclic) bond motifs is 4. The molecule has 0 bridgehead atoms. The molecule has 0 fully saturated rings. The second kappa shape index (κ2) is 29.1. The van der Waals surface area contributed by atoms with Crippen molar-refractivity contribution < 1.29 is 33.0 Å². The first-order valence-electron chi connectivity index (χ1n) is 16.5. The van der Waals surface area contributed by atoms with Gasteiger partial charge in [-0.3, -0.25) is 4.79 Å². The molecule has 6 aromatic carbocycles. The van der Waals surface area contributed by atoms with Crippen molar-refractivity contribution in [3.63, 3.8) is 0 Å². The van der Waals surface area contributed by atoms with Crippen LogP contribution in [0.2, 0.25) is 0 Å². The predicted molar refractivity (Wildman–Crippen MR) is 312 cm³/mol. The van der Waals surface area contributed by atoms with E-state index in [1.807, 2.05) is 26.8 Å². The van der Waals surface area contributed by atoms with Crippen molar-refractivity contribution in [3.8, 4) is 17.4 Å². The van der Waals surface area contributed by atoms with Crippen molar-refractivity contribution in [2.24, 2.45) is 0 Å². The van der Waals surface area contributed by atoms with Gasteiger partial charge < -0.3 is 33.0 Å². The molecule has 4 heterocycles. The number of hydrogen-bond acceptors (Lipinski definition) is 11. The van der Waals surface area contributed by atoms with Gasteiger partial charge in [-0.2, -0.15) is 0 Å². The summed E-state index contributed by atoms with van der Waals surface area (Å²) in [6.45, 7) is 5.76. The zero-order chi connectivity index (χ0) is 36.3. The SMILES string of the molecule is C.C.C.C.C.C.C.C.C.C.C.C.C.C.C.C.C.CCc1cc2oc(=O)c3c(O)c4cccc(=O)c4c4oc(O)c(c1)c2c34.CCc1cc2oc(=O)c3c(O)c4cccc(C)c4c4oc(=O)c(c1)c2c34. The lowest BCUT2D eigenvalue weighted by Gasteiger charge is -2.13. The highest BCUT2D eigenvalue weighted by Crippen LogP contribution is 2.45. The highest BCUT2D eigenvalue weighted by Gasteiger charge is 2.26. The van der Waals surface area contributed by atoms with E-state index in [1.165, 1.54) is 18.2 Å². The molecule has 4 aromatic heterocycles. The number of aryl methyl sites for hydroxylation is 3. The van der Waals surface area contributed by atoms with E-state index in [0.717, 1.165) is 16.7 Å². The fourth-order valence-electron chi connectivity index (χ4n) is 7.55. The van der Waals surface area contributed by atoms with Crippen LogP contribution in [0.15, 0.2) is 97.5 Å². The Labute approximate surface area is 414 Å². The van der Waals surface area contributed by atoms with Crippen LogP contribution in [-0.2, 0) is 12.8 Å². The summed E-state index contributed by atoms with van der Waals surface area (Å²) in [4.78, 5) is 50.3. The molecule has 0 saturated carbocycles. The van der Waals surface area contributed by atoms with Crippen molar-refractivity contribution in [1.29, 1.82) is 0 Å². The maximum Gasteiger partial charge on any atom is 0.348 e. The molecule has 0 atom stereocenters. The molecular formula is C58H94O11. The molecular weight excluding hydrogens is 873 g/mol. The van der Waals surface area contributed by atoms with Crippen LogP contribution in [0.1, 0.15) is 157 Å². The van der Waals surface area contributed by atoms with Gasteiger partial charge in [0.2, 0.25) is 0 Å². The minimum atomic E-state index is -0.728. The molecule has 11 nitrogen and oxygen atoms in total. The molecule has 392 valence electrons. The lowest BCUT2D eigenvalue weighted by molar-refractivity contribution is 0.348. The molecule has 0 spiro atoms. The smallest absolute Gasteiger partial charge is 0.348 e. The summed E-state index contributed by atoms with van der Waals surface area (Å²) in [5.74, 6) is -0.854. The maximum absolute atomic E-state index is 12.7. The lowest BCUT2D eigenvalue weighted by atomic mass is 9.95. The topological polar surface area (TPSA) is 182 Å². The van der Waals surface area contributed by atoms with Gasteiger partial charge in [-0.05, 0) is 66.8 Å². The maximum atomic E-state index is 12.7. The van der Waals surface area contributed by atoms with Crippen LogP contribution < -0.4 is 22.3 Å². The summed E-state index contributed by atoms with van der Waals surface area (Å²) < 4.78 is 22.1. The molecule has 0 amide bonds. The summed E-state index contributed by atoms with van der Waals surface area (Å²) in [6, 6.07) is 16.7. The molecule has 0 aliphatic heterocycles. The van der Waals surface area contributed by atoms with E-state index in [0.29, 0.717) is 61.7 Å². The van der Waals surface area contributed by atoms with Crippen molar-refractivity contribution in [1.82, 2.24) is 0 Å². The monoisotopic (exact) mass is 967 g/mol. The summed E-state index contributed by atoms with van der Waals surface area (Å²) in [7, 11) is 0. The van der Waals surface area contributed by atoms with E-state index in [9.17, 15) is 34.5 Å². The Balaban J connectivity index is -0.000000120. The van der Waals surface area contributed by atoms with Gasteiger partial charge in [0, 0.05) is 37.7 Å². The summed E-state index contributed by atoms with van der Waals surface area (Å²) in [5, 5.41) is 35.6. The van der Waals surface area contributed by atoms with Crippen LogP contribution in [0.4, 0.5) is 0 Å². The molecule has 10 rings (SSSR count). The Morgan fingerprint density at radius 3 is 1.23 bits per heavy atom. The number of phenols is 2. The Hall–Kier alpha value is -6.88. The third-order valence-electron chi connectivity index (χ3n) is 9.99. The zero-order valence-corrected chi connectivity index (χ0v) is 27.8. The molecule has 69 heavy (non-hydrogen) atoms. The van der Waals surface area contributed by atoms with Gasteiger partial charge in [0.15, 0.2) is 11.0 Å². The highest BCUT2D eigenvalue weighted by atomic mass is 16.5. The van der Waals surface area contributed by atoms with Gasteiger partial charge in [-0.15, -0.1) is 0 Å². The van der Waals surface area contributed by atoms with Gasteiger partial charge in [-0.1, -0.05) is 170 Å². The van der Waals surface area contributed by atoms with Crippen molar-refractivity contribution in [3.05, 3.63) is 119 Å². The van der Waals surface area contributed by atoms with Gasteiger partial charge in [0.1, 0.15) is 39.0 Å². The van der Waals surface area contributed by atoms with Crippen molar-refractivity contribution in [2.45, 2.75) is 160 Å². The summed E-state index contributed by atoms with van der Waals surface area (Å²) in [6.07, 6.45) is 1.35. The van der Waals surface area contributed by atoms with Crippen molar-refractivity contribution >= 4 is 87.0 Å². The van der Waals surface area contributed by atoms with Crippen LogP contribution in [0, 0.1) is 6.92 Å². The van der Waals surface area contributed by atoms with E-state index < -0.39 is 16.9 Å². The Morgan fingerprint density at radius 1 is 0.391 bits per heavy atom. The standard InChI is InChI=1S/C21H14O5.C20H12O6.17CH4/c1-3-10-7-12-15-13(8-10)25-21(24)17-16(15)19(26-20(12)23)14-9(2)5-4-6-11(14)18(17)22;1-2-8-6-10-14-12(7-8)25-20(24)16-15(14)18(26-19(10)23)13-9(17(16)22)4-3-5-11(13)21;;;;;;;;;;;;;;;;;/h4-8,22H,3H2,1-2H3;3-7,22-23H,2H2,1H3;17*1H4. The second-order valence-corrected chi connectivity index (χ2v) is 12.8. The highest BCUT2D eigenvalue weighted by molar-refractivity contribution is 6.29. The number of aromatic hydroxyl groups is 3. The summed E-state index contributed by atoms with van der Waals surface area (Å²) in [5.41, 5.74) is 1.31. The van der Waals surface area contributed by atoms with Gasteiger partial charge >= 0.3 is 16.9 Å². The molecule has 3 N–H and O–H groups in total. The van der Waals surface area contributed by atoms with E-state index in [1.54, 1.807) is 36.4 Å². The lowest BCUT2D eigenvalue weighted by Crippen LogP contribution is -2.08. The molecule has 0 aliphatic carbocycles. The fourth-order valence-corrected chi connectivity index (χ4v) is 7.55. The van der Waals surface area contributed by atoms with E-state index in [2.05, 4.69) is 0 Å². The van der Waals surface area contributed by atoms with Crippen LogP contribution in [0.3, 0.4) is 0 Å². The quantitative estimate of drug-likeness (QED) is 0.0852. The zero-order valence-electron chi connectivity index (χ0n) is 27.8. The molecule has 11 heteroatoms. The summed E-state index contributed by atoms with van der Waals surface area (Å²) >= 11 is 0. The van der Waals surface area contributed by atoms with E-state index in [-0.39, 0.29) is 187 Å². The molecule has 0 saturated heterocycles. The van der Waals surface area contributed by atoms with Gasteiger partial charge in [0.05, 0.1) is 16.2 Å². The third-order valence-corrected chi connectivity index (χ3v) is 9.99. The first kappa shape index (κ1) is 82.2. The average molecular weight is 967 g/mol. The molecule has 0 radical (unpaired) electrons. The molecule has 10 aromatic rings.